The molecule has 12 heteroatoms. The van der Waals surface area contributed by atoms with Gasteiger partial charge in [-0.2, -0.15) is 11.3 Å². The van der Waals surface area contributed by atoms with Gasteiger partial charge < -0.3 is 20.1 Å². The van der Waals surface area contributed by atoms with E-state index in [1.807, 2.05) is 28.7 Å². The number of hydrogen-bond donors (Lipinski definition) is 1. The number of rotatable bonds is 9. The highest BCUT2D eigenvalue weighted by molar-refractivity contribution is 7.07. The number of pyridine rings is 1. The molecule has 0 aromatic carbocycles. The van der Waals surface area contributed by atoms with E-state index in [1.54, 1.807) is 18.3 Å². The number of aromatic nitrogens is 1. The maximum atomic E-state index is 12.6. The molecule has 2 aromatic heterocycles. The zero-order valence-corrected chi connectivity index (χ0v) is 22.3. The minimum absolute atomic E-state index is 0.0405. The first-order valence-electron chi connectivity index (χ1n) is 11.4. The van der Waals surface area contributed by atoms with Crippen LogP contribution in [0.1, 0.15) is 47.7 Å². The van der Waals surface area contributed by atoms with Crippen LogP contribution in [0.5, 0.6) is 0 Å². The van der Waals surface area contributed by atoms with Crippen molar-refractivity contribution < 1.29 is 14.4 Å². The van der Waals surface area contributed by atoms with E-state index in [0.29, 0.717) is 23.6 Å². The van der Waals surface area contributed by atoms with Crippen LogP contribution in [0.2, 0.25) is 10.3 Å². The molecule has 2 aromatic rings. The normalized spacial score (nSPS) is 15.6. The average Bonchev–Trinajstić information content (AvgIpc) is 3.33. The van der Waals surface area contributed by atoms with Gasteiger partial charge >= 0.3 is 6.03 Å². The number of nitrogens with one attached hydrogen (secondary N) is 1. The van der Waals surface area contributed by atoms with Crippen LogP contribution in [0.4, 0.5) is 4.79 Å². The Bertz CT molecular complexity index is 979. The van der Waals surface area contributed by atoms with Gasteiger partial charge in [0.25, 0.3) is 0 Å². The summed E-state index contributed by atoms with van der Waals surface area (Å²) in [5.74, 6) is -0.712. The second-order valence-electron chi connectivity index (χ2n) is 8.61. The Hall–Kier alpha value is -1.95. The number of nitrogens with zero attached hydrogens (tertiary/aromatic N) is 4. The Morgan fingerprint density at radius 2 is 2.09 bits per heavy atom. The molecule has 1 atom stereocenters. The summed E-state index contributed by atoms with van der Waals surface area (Å²) < 4.78 is 0. The number of carbonyl (C=O) groups excluding carboxylic acids is 2. The highest BCUT2D eigenvalue weighted by Gasteiger charge is 2.30. The molecule has 1 fully saturated rings. The summed E-state index contributed by atoms with van der Waals surface area (Å²) >= 11 is 13.5. The van der Waals surface area contributed by atoms with Crippen LogP contribution in [0.15, 0.2) is 22.9 Å². The summed E-state index contributed by atoms with van der Waals surface area (Å²) in [7, 11) is 1.42. The van der Waals surface area contributed by atoms with Crippen molar-refractivity contribution in [1.29, 1.82) is 0 Å². The summed E-state index contributed by atoms with van der Waals surface area (Å²) in [6.07, 6.45) is 2.12. The van der Waals surface area contributed by atoms with Crippen molar-refractivity contribution in [3.63, 3.8) is 0 Å². The third-order valence-electron chi connectivity index (χ3n) is 6.28. The van der Waals surface area contributed by atoms with Gasteiger partial charge in [-0.15, -0.1) is 0 Å². The molecular weight excluding hydrogens is 513 g/mol. The molecule has 192 valence electrons. The Morgan fingerprint density at radius 1 is 1.37 bits per heavy atom. The van der Waals surface area contributed by atoms with E-state index in [-0.39, 0.29) is 40.5 Å². The van der Waals surface area contributed by atoms with E-state index in [0.717, 1.165) is 31.5 Å². The Morgan fingerprint density at radius 3 is 2.69 bits per heavy atom. The van der Waals surface area contributed by atoms with Gasteiger partial charge in [0, 0.05) is 38.3 Å². The maximum absolute atomic E-state index is 12.6. The van der Waals surface area contributed by atoms with Gasteiger partial charge in [0.1, 0.15) is 10.3 Å². The molecule has 1 aliphatic rings. The molecule has 0 bridgehead atoms. The Balaban J connectivity index is 1.52. The van der Waals surface area contributed by atoms with Gasteiger partial charge in [0.2, 0.25) is 5.91 Å². The minimum Gasteiger partial charge on any atom is -0.756 e. The monoisotopic (exact) mass is 542 g/mol. The SMILES string of the molecule is CONC(=O)N(Cc1ccsc1)C1CCN([C@H](C)CCN([O-])C(=O)c2c(C)cc(Cl)nc2Cl)CC1. The number of likely N-dealkylation sites (tertiary alicyclic amines) is 1. The first-order chi connectivity index (χ1) is 16.7. The lowest BCUT2D eigenvalue weighted by molar-refractivity contribution is 0.0555. The fourth-order valence-electron chi connectivity index (χ4n) is 4.30. The second kappa shape index (κ2) is 12.8. The van der Waals surface area contributed by atoms with Crippen LogP contribution in [0.25, 0.3) is 0 Å². The van der Waals surface area contributed by atoms with Crippen LogP contribution in [-0.2, 0) is 11.4 Å². The minimum atomic E-state index is -0.712. The lowest BCUT2D eigenvalue weighted by Gasteiger charge is -2.41. The third-order valence-corrected chi connectivity index (χ3v) is 7.48. The quantitative estimate of drug-likeness (QED) is 0.363. The first kappa shape index (κ1) is 27.6. The molecule has 0 unspecified atom stereocenters. The molecule has 9 nitrogen and oxygen atoms in total. The first-order valence-corrected chi connectivity index (χ1v) is 13.1. The van der Waals surface area contributed by atoms with Crippen molar-refractivity contribution in [1.82, 2.24) is 25.3 Å². The molecule has 3 rings (SSSR count). The summed E-state index contributed by atoms with van der Waals surface area (Å²) in [5.41, 5.74) is 4.12. The summed E-state index contributed by atoms with van der Waals surface area (Å²) in [6.45, 7) is 5.84. The van der Waals surface area contributed by atoms with Gasteiger partial charge in [0.05, 0.1) is 12.7 Å². The number of hydroxylamine groups is 3. The zero-order valence-electron chi connectivity index (χ0n) is 20.0. The van der Waals surface area contributed by atoms with Crippen molar-refractivity contribution in [3.8, 4) is 0 Å². The molecule has 0 radical (unpaired) electrons. The van der Waals surface area contributed by atoms with Crippen molar-refractivity contribution in [2.75, 3.05) is 26.7 Å². The number of halogens is 2. The van der Waals surface area contributed by atoms with E-state index < -0.39 is 5.91 Å². The van der Waals surface area contributed by atoms with Gasteiger partial charge in [-0.1, -0.05) is 23.2 Å². The average molecular weight is 543 g/mol. The fraction of sp³-hybridized carbons (Fsp3) is 0.522. The van der Waals surface area contributed by atoms with Crippen LogP contribution in [0.3, 0.4) is 0 Å². The fourth-order valence-corrected chi connectivity index (χ4v) is 5.57. The van der Waals surface area contributed by atoms with E-state index in [1.165, 1.54) is 13.2 Å². The molecule has 0 spiro atoms. The number of urea groups is 1. The molecule has 1 N–H and O–H groups in total. The largest absolute Gasteiger partial charge is 0.756 e. The standard InChI is InChI=1S/C23H30Cl2N5O4S/c1-15-12-19(24)26-21(25)20(15)22(31)30(33)10-4-16(2)28-8-5-18(6-9-28)29(23(32)27-34-3)13-17-7-11-35-14-17/h7,11-12,14,16,18H,4-6,8-10,13H2,1-3H3,(H,27,32)/q-1/t16-/m1/s1. The number of piperidine rings is 1. The number of thiophene rings is 1. The van der Waals surface area contributed by atoms with Crippen LogP contribution < -0.4 is 5.48 Å². The maximum Gasteiger partial charge on any atom is 0.341 e. The van der Waals surface area contributed by atoms with Crippen molar-refractivity contribution in [3.05, 3.63) is 55.1 Å². The van der Waals surface area contributed by atoms with Crippen molar-refractivity contribution >= 4 is 46.5 Å². The van der Waals surface area contributed by atoms with Gasteiger partial charge in [-0.3, -0.25) is 9.63 Å². The molecule has 1 saturated heterocycles. The van der Waals surface area contributed by atoms with Gasteiger partial charge in [0.15, 0.2) is 0 Å². The third kappa shape index (κ3) is 7.28. The molecule has 0 aliphatic carbocycles. The Kier molecular flexibility index (Phi) is 10.1. The molecule has 0 saturated carbocycles. The highest BCUT2D eigenvalue weighted by atomic mass is 35.5. The van der Waals surface area contributed by atoms with Gasteiger partial charge in [-0.25, -0.2) is 15.3 Å². The highest BCUT2D eigenvalue weighted by Crippen LogP contribution is 2.24. The predicted octanol–water partition coefficient (Wildman–Crippen LogP) is 4.71. The summed E-state index contributed by atoms with van der Waals surface area (Å²) in [5, 5.41) is 17.1. The molecule has 1 aliphatic heterocycles. The number of carbonyl (C=O) groups is 2. The van der Waals surface area contributed by atoms with Crippen molar-refractivity contribution in [2.45, 2.75) is 51.7 Å². The second-order valence-corrected chi connectivity index (χ2v) is 10.1. The smallest absolute Gasteiger partial charge is 0.341 e. The molecule has 3 heterocycles. The molecular formula is C23H30Cl2N5O4S-. The van der Waals surface area contributed by atoms with Crippen LogP contribution in [0, 0.1) is 12.1 Å². The topological polar surface area (TPSA) is 101 Å². The van der Waals surface area contributed by atoms with E-state index in [9.17, 15) is 14.8 Å². The number of hydrogen-bond acceptors (Lipinski definition) is 7. The number of aryl methyl sites for hydroxylation is 1. The van der Waals surface area contributed by atoms with E-state index in [4.69, 9.17) is 28.0 Å². The van der Waals surface area contributed by atoms with Crippen LogP contribution in [-0.4, -0.2) is 70.6 Å². The summed E-state index contributed by atoms with van der Waals surface area (Å²) in [4.78, 5) is 38.1. The van der Waals surface area contributed by atoms with E-state index in [2.05, 4.69) is 15.4 Å². The van der Waals surface area contributed by atoms with E-state index >= 15 is 0 Å². The van der Waals surface area contributed by atoms with Crippen LogP contribution >= 0.6 is 34.5 Å². The molecule has 3 amide bonds. The number of amides is 3. The lowest BCUT2D eigenvalue weighted by Crippen LogP contribution is -2.51. The zero-order chi connectivity index (χ0) is 25.5. The molecule has 35 heavy (non-hydrogen) atoms. The Labute approximate surface area is 219 Å². The lowest BCUT2D eigenvalue weighted by atomic mass is 10.0. The predicted molar refractivity (Wildman–Crippen MR) is 137 cm³/mol. The summed E-state index contributed by atoms with van der Waals surface area (Å²) in [6, 6.07) is 3.44. The van der Waals surface area contributed by atoms with Gasteiger partial charge in [-0.05, 0) is 67.1 Å². The van der Waals surface area contributed by atoms with Crippen molar-refractivity contribution in [2.24, 2.45) is 0 Å².